The van der Waals surface area contributed by atoms with Crippen LogP contribution in [0.1, 0.15) is 31.0 Å². The SMILES string of the molecule is CCNC(c1ccc(SCC)cc1)c1ccc(Cl)c(Cl)c1. The van der Waals surface area contributed by atoms with E-state index in [9.17, 15) is 0 Å². The summed E-state index contributed by atoms with van der Waals surface area (Å²) in [6.45, 7) is 5.15. The molecule has 0 radical (unpaired) electrons. The lowest BCUT2D eigenvalue weighted by atomic mass is 9.99. The molecule has 2 aromatic rings. The van der Waals surface area contributed by atoms with E-state index in [-0.39, 0.29) is 6.04 Å². The molecular weight excluding hydrogens is 321 g/mol. The maximum atomic E-state index is 6.15. The van der Waals surface area contributed by atoms with Gasteiger partial charge in [0, 0.05) is 4.90 Å². The van der Waals surface area contributed by atoms with Gasteiger partial charge in [0.1, 0.15) is 0 Å². The van der Waals surface area contributed by atoms with Crippen LogP contribution < -0.4 is 5.32 Å². The van der Waals surface area contributed by atoms with Gasteiger partial charge in [-0.2, -0.15) is 0 Å². The van der Waals surface area contributed by atoms with Gasteiger partial charge in [0.2, 0.25) is 0 Å². The molecule has 0 fully saturated rings. The lowest BCUT2D eigenvalue weighted by molar-refractivity contribution is 0.630. The molecule has 0 amide bonds. The third-order valence-corrected chi connectivity index (χ3v) is 4.84. The van der Waals surface area contributed by atoms with Crippen LogP contribution >= 0.6 is 35.0 Å². The molecule has 0 aromatic heterocycles. The second-order valence-corrected chi connectivity index (χ2v) is 6.82. The summed E-state index contributed by atoms with van der Waals surface area (Å²) in [5.74, 6) is 1.09. The molecule has 1 nitrogen and oxygen atoms in total. The Morgan fingerprint density at radius 2 is 1.62 bits per heavy atom. The fourth-order valence-corrected chi connectivity index (χ4v) is 3.22. The zero-order valence-corrected chi connectivity index (χ0v) is 14.5. The summed E-state index contributed by atoms with van der Waals surface area (Å²) in [6, 6.07) is 14.6. The van der Waals surface area contributed by atoms with E-state index in [1.165, 1.54) is 10.5 Å². The Morgan fingerprint density at radius 3 is 2.19 bits per heavy atom. The van der Waals surface area contributed by atoms with E-state index in [2.05, 4.69) is 43.4 Å². The number of benzene rings is 2. The quantitative estimate of drug-likeness (QED) is 0.667. The van der Waals surface area contributed by atoms with Crippen molar-refractivity contribution in [2.45, 2.75) is 24.8 Å². The molecule has 1 N–H and O–H groups in total. The Kier molecular flexibility index (Phi) is 6.43. The van der Waals surface area contributed by atoms with Crippen LogP contribution in [0.5, 0.6) is 0 Å². The maximum absolute atomic E-state index is 6.15. The molecule has 112 valence electrons. The van der Waals surface area contributed by atoms with Gasteiger partial charge in [-0.1, -0.05) is 55.2 Å². The fourth-order valence-electron chi connectivity index (χ4n) is 2.25. The van der Waals surface area contributed by atoms with Crippen molar-refractivity contribution in [3.63, 3.8) is 0 Å². The minimum absolute atomic E-state index is 0.130. The van der Waals surface area contributed by atoms with Gasteiger partial charge in [-0.25, -0.2) is 0 Å². The Hall–Kier alpha value is -0.670. The Bertz CT molecular complexity index is 584. The number of rotatable bonds is 6. The summed E-state index contributed by atoms with van der Waals surface area (Å²) in [7, 11) is 0. The summed E-state index contributed by atoms with van der Waals surface area (Å²) >= 11 is 14.0. The lowest BCUT2D eigenvalue weighted by Crippen LogP contribution is -2.21. The van der Waals surface area contributed by atoms with Crippen molar-refractivity contribution in [3.05, 3.63) is 63.6 Å². The molecule has 2 rings (SSSR count). The maximum Gasteiger partial charge on any atom is 0.0595 e. The third kappa shape index (κ3) is 4.40. The highest BCUT2D eigenvalue weighted by molar-refractivity contribution is 7.99. The van der Waals surface area contributed by atoms with Crippen molar-refractivity contribution in [1.82, 2.24) is 5.32 Å². The first-order chi connectivity index (χ1) is 10.2. The summed E-state index contributed by atoms with van der Waals surface area (Å²) in [4.78, 5) is 1.30. The van der Waals surface area contributed by atoms with Gasteiger partial charge in [0.25, 0.3) is 0 Å². The van der Waals surface area contributed by atoms with Gasteiger partial charge in [-0.3, -0.25) is 0 Å². The van der Waals surface area contributed by atoms with Crippen molar-refractivity contribution < 1.29 is 0 Å². The monoisotopic (exact) mass is 339 g/mol. The van der Waals surface area contributed by atoms with Crippen LogP contribution in [-0.4, -0.2) is 12.3 Å². The molecule has 0 spiro atoms. The first-order valence-electron chi connectivity index (χ1n) is 7.06. The lowest BCUT2D eigenvalue weighted by Gasteiger charge is -2.20. The molecule has 21 heavy (non-hydrogen) atoms. The van der Waals surface area contributed by atoms with Gasteiger partial charge in [0.15, 0.2) is 0 Å². The molecule has 4 heteroatoms. The topological polar surface area (TPSA) is 12.0 Å². The van der Waals surface area contributed by atoms with E-state index >= 15 is 0 Å². The largest absolute Gasteiger partial charge is 0.307 e. The Balaban J connectivity index is 2.31. The van der Waals surface area contributed by atoms with E-state index in [0.717, 1.165) is 17.9 Å². The van der Waals surface area contributed by atoms with Gasteiger partial charge < -0.3 is 5.32 Å². The van der Waals surface area contributed by atoms with Crippen LogP contribution in [0.4, 0.5) is 0 Å². The molecule has 0 saturated carbocycles. The molecule has 0 aliphatic carbocycles. The summed E-state index contributed by atoms with van der Waals surface area (Å²) in [5.41, 5.74) is 2.36. The first-order valence-corrected chi connectivity index (χ1v) is 8.81. The molecule has 0 heterocycles. The Morgan fingerprint density at radius 1 is 0.952 bits per heavy atom. The first kappa shape index (κ1) is 16.7. The minimum atomic E-state index is 0.130. The van der Waals surface area contributed by atoms with Crippen molar-refractivity contribution in [2.75, 3.05) is 12.3 Å². The predicted octanol–water partition coefficient (Wildman–Crippen LogP) is 5.80. The summed E-state index contributed by atoms with van der Waals surface area (Å²) < 4.78 is 0. The highest BCUT2D eigenvalue weighted by Crippen LogP contribution is 2.30. The molecule has 0 bridgehead atoms. The van der Waals surface area contributed by atoms with Gasteiger partial charge >= 0.3 is 0 Å². The molecule has 0 saturated heterocycles. The van der Waals surface area contributed by atoms with Crippen LogP contribution in [0.25, 0.3) is 0 Å². The van der Waals surface area contributed by atoms with Crippen LogP contribution in [0.15, 0.2) is 47.4 Å². The average Bonchev–Trinajstić information content (AvgIpc) is 2.49. The van der Waals surface area contributed by atoms with Crippen LogP contribution in [0.3, 0.4) is 0 Å². The van der Waals surface area contributed by atoms with Gasteiger partial charge in [-0.15, -0.1) is 11.8 Å². The van der Waals surface area contributed by atoms with Gasteiger partial charge in [0.05, 0.1) is 16.1 Å². The number of halogens is 2. The second-order valence-electron chi connectivity index (χ2n) is 4.67. The minimum Gasteiger partial charge on any atom is -0.307 e. The smallest absolute Gasteiger partial charge is 0.0595 e. The number of thioether (sulfide) groups is 1. The third-order valence-electron chi connectivity index (χ3n) is 3.21. The van der Waals surface area contributed by atoms with E-state index in [4.69, 9.17) is 23.2 Å². The van der Waals surface area contributed by atoms with Crippen LogP contribution in [-0.2, 0) is 0 Å². The highest BCUT2D eigenvalue weighted by atomic mass is 35.5. The number of nitrogens with one attached hydrogen (secondary N) is 1. The summed E-state index contributed by atoms with van der Waals surface area (Å²) in [5, 5.41) is 4.69. The van der Waals surface area contributed by atoms with E-state index in [0.29, 0.717) is 10.0 Å². The number of hydrogen-bond donors (Lipinski definition) is 1. The van der Waals surface area contributed by atoms with Crippen molar-refractivity contribution in [1.29, 1.82) is 0 Å². The molecule has 0 aliphatic heterocycles. The average molecular weight is 340 g/mol. The number of hydrogen-bond acceptors (Lipinski definition) is 2. The van der Waals surface area contributed by atoms with E-state index < -0.39 is 0 Å². The molecular formula is C17H19Cl2NS. The zero-order chi connectivity index (χ0) is 15.2. The second kappa shape index (κ2) is 8.09. The molecule has 1 atom stereocenters. The highest BCUT2D eigenvalue weighted by Gasteiger charge is 2.14. The molecule has 2 aromatic carbocycles. The standard InChI is InChI=1S/C17H19Cl2NS/c1-3-20-17(13-7-10-15(18)16(19)11-13)12-5-8-14(9-6-12)21-4-2/h5-11,17,20H,3-4H2,1-2H3. The fraction of sp³-hybridized carbons (Fsp3) is 0.294. The zero-order valence-electron chi connectivity index (χ0n) is 12.2. The predicted molar refractivity (Wildman–Crippen MR) is 94.8 cm³/mol. The normalized spacial score (nSPS) is 12.4. The van der Waals surface area contributed by atoms with Crippen molar-refractivity contribution in [2.24, 2.45) is 0 Å². The van der Waals surface area contributed by atoms with Crippen molar-refractivity contribution in [3.8, 4) is 0 Å². The molecule has 0 aliphatic rings. The van der Waals surface area contributed by atoms with Crippen molar-refractivity contribution >= 4 is 35.0 Å². The van der Waals surface area contributed by atoms with Crippen LogP contribution in [0, 0.1) is 0 Å². The Labute approximate surface area is 141 Å². The van der Waals surface area contributed by atoms with E-state index in [1.54, 1.807) is 0 Å². The summed E-state index contributed by atoms with van der Waals surface area (Å²) in [6.07, 6.45) is 0. The van der Waals surface area contributed by atoms with Crippen LogP contribution in [0.2, 0.25) is 10.0 Å². The van der Waals surface area contributed by atoms with Gasteiger partial charge in [-0.05, 0) is 47.7 Å². The molecule has 1 unspecified atom stereocenters. The van der Waals surface area contributed by atoms with E-state index in [1.807, 2.05) is 30.0 Å².